The summed E-state index contributed by atoms with van der Waals surface area (Å²) in [6.45, 7) is 2.70. The van der Waals surface area contributed by atoms with Gasteiger partial charge in [0.25, 0.3) is 5.91 Å². The maximum atomic E-state index is 13.2. The van der Waals surface area contributed by atoms with Gasteiger partial charge in [0.05, 0.1) is 17.8 Å². The summed E-state index contributed by atoms with van der Waals surface area (Å²) < 4.78 is 13.2. The highest BCUT2D eigenvalue weighted by molar-refractivity contribution is 5.94. The molecule has 0 saturated carbocycles. The van der Waals surface area contributed by atoms with Crippen molar-refractivity contribution in [3.8, 4) is 0 Å². The molecule has 0 aromatic carbocycles. The minimum Gasteiger partial charge on any atom is -0.354 e. The molecule has 2 saturated heterocycles. The summed E-state index contributed by atoms with van der Waals surface area (Å²) in [7, 11) is 0. The maximum absolute atomic E-state index is 13.2. The van der Waals surface area contributed by atoms with Gasteiger partial charge >= 0.3 is 0 Å². The second-order valence-electron chi connectivity index (χ2n) is 6.55. The zero-order valence-corrected chi connectivity index (χ0v) is 13.6. The summed E-state index contributed by atoms with van der Waals surface area (Å²) >= 11 is 0. The topological polar surface area (TPSA) is 74.3 Å². The van der Waals surface area contributed by atoms with Crippen LogP contribution in [0.1, 0.15) is 36.0 Å². The molecule has 2 aliphatic rings. The van der Waals surface area contributed by atoms with Gasteiger partial charge in [0.15, 0.2) is 0 Å². The average molecular weight is 334 g/mol. The second kappa shape index (κ2) is 7.70. The third kappa shape index (κ3) is 4.08. The van der Waals surface area contributed by atoms with Crippen LogP contribution in [0.3, 0.4) is 0 Å². The number of pyridine rings is 1. The summed E-state index contributed by atoms with van der Waals surface area (Å²) in [5.41, 5.74) is 0.273. The van der Waals surface area contributed by atoms with Crippen LogP contribution in [0, 0.1) is 11.7 Å². The van der Waals surface area contributed by atoms with Gasteiger partial charge in [-0.15, -0.1) is 0 Å². The molecule has 3 heterocycles. The van der Waals surface area contributed by atoms with Crippen LogP contribution in [-0.2, 0) is 4.79 Å². The molecule has 0 spiro atoms. The third-order valence-corrected chi connectivity index (χ3v) is 4.70. The number of aromatic nitrogens is 1. The zero-order chi connectivity index (χ0) is 16.9. The quantitative estimate of drug-likeness (QED) is 0.859. The Labute approximate surface area is 140 Å². The molecule has 2 N–H and O–H groups in total. The number of likely N-dealkylation sites (tertiary alicyclic amines) is 1. The highest BCUT2D eigenvalue weighted by Crippen LogP contribution is 2.18. The van der Waals surface area contributed by atoms with Crippen LogP contribution >= 0.6 is 0 Å². The standard InChI is InChI=1S/C17H23FN4O2/c18-14-7-13(9-19-10-14)17(24)22-6-2-3-12(11-22)8-21-16(23)15-4-1-5-20-15/h7,9-10,12,15,20H,1-6,8,11H2,(H,21,23). The van der Waals surface area contributed by atoms with Crippen molar-refractivity contribution < 1.29 is 14.0 Å². The van der Waals surface area contributed by atoms with E-state index >= 15 is 0 Å². The molecule has 1 aromatic heterocycles. The Morgan fingerprint density at radius 3 is 2.96 bits per heavy atom. The molecule has 2 unspecified atom stereocenters. The molecule has 24 heavy (non-hydrogen) atoms. The predicted octanol–water partition coefficient (Wildman–Crippen LogP) is 0.941. The molecular formula is C17H23FN4O2. The van der Waals surface area contributed by atoms with Gasteiger partial charge in [-0.3, -0.25) is 14.6 Å². The fourth-order valence-electron chi connectivity index (χ4n) is 3.40. The number of piperidine rings is 1. The number of amides is 2. The maximum Gasteiger partial charge on any atom is 0.255 e. The number of nitrogens with zero attached hydrogens (tertiary/aromatic N) is 2. The van der Waals surface area contributed by atoms with Crippen LogP contribution in [0.2, 0.25) is 0 Å². The van der Waals surface area contributed by atoms with Crippen LogP contribution in [0.15, 0.2) is 18.5 Å². The lowest BCUT2D eigenvalue weighted by molar-refractivity contribution is -0.123. The first-order valence-electron chi connectivity index (χ1n) is 8.54. The van der Waals surface area contributed by atoms with Crippen LogP contribution in [0.4, 0.5) is 4.39 Å². The van der Waals surface area contributed by atoms with Gasteiger partial charge in [0.1, 0.15) is 5.82 Å². The molecule has 6 nitrogen and oxygen atoms in total. The molecule has 130 valence electrons. The summed E-state index contributed by atoms with van der Waals surface area (Å²) in [6.07, 6.45) is 6.25. The number of carbonyl (C=O) groups excluding carboxylic acids is 2. The van der Waals surface area contributed by atoms with Crippen LogP contribution < -0.4 is 10.6 Å². The van der Waals surface area contributed by atoms with Crippen molar-refractivity contribution in [2.24, 2.45) is 5.92 Å². The van der Waals surface area contributed by atoms with Gasteiger partial charge in [-0.1, -0.05) is 0 Å². The number of halogens is 1. The molecule has 2 amide bonds. The molecule has 0 radical (unpaired) electrons. The number of hydrogen-bond acceptors (Lipinski definition) is 4. The molecule has 3 rings (SSSR count). The van der Waals surface area contributed by atoms with E-state index in [-0.39, 0.29) is 29.3 Å². The van der Waals surface area contributed by atoms with Crippen molar-refractivity contribution in [3.63, 3.8) is 0 Å². The number of carbonyl (C=O) groups is 2. The van der Waals surface area contributed by atoms with Crippen LogP contribution in [-0.4, -0.2) is 53.9 Å². The summed E-state index contributed by atoms with van der Waals surface area (Å²) in [6, 6.07) is 1.14. The van der Waals surface area contributed by atoms with E-state index in [0.717, 1.165) is 38.4 Å². The lowest BCUT2D eigenvalue weighted by Crippen LogP contribution is -2.46. The van der Waals surface area contributed by atoms with Gasteiger partial charge in [-0.2, -0.15) is 0 Å². The molecule has 2 aliphatic heterocycles. The molecule has 2 fully saturated rings. The first-order valence-corrected chi connectivity index (χ1v) is 8.54. The first kappa shape index (κ1) is 16.8. The fourth-order valence-corrected chi connectivity index (χ4v) is 3.40. The van der Waals surface area contributed by atoms with E-state index in [1.165, 1.54) is 12.3 Å². The lowest BCUT2D eigenvalue weighted by Gasteiger charge is -2.33. The highest BCUT2D eigenvalue weighted by atomic mass is 19.1. The van der Waals surface area contributed by atoms with Crippen molar-refractivity contribution in [1.29, 1.82) is 0 Å². The average Bonchev–Trinajstić information content (AvgIpc) is 3.14. The molecule has 7 heteroatoms. The van der Waals surface area contributed by atoms with Crippen molar-refractivity contribution in [2.45, 2.75) is 31.7 Å². The lowest BCUT2D eigenvalue weighted by atomic mass is 9.97. The van der Waals surface area contributed by atoms with Crippen molar-refractivity contribution in [2.75, 3.05) is 26.2 Å². The van der Waals surface area contributed by atoms with Crippen molar-refractivity contribution in [3.05, 3.63) is 29.8 Å². The second-order valence-corrected chi connectivity index (χ2v) is 6.55. The van der Waals surface area contributed by atoms with Crippen molar-refractivity contribution in [1.82, 2.24) is 20.5 Å². The van der Waals surface area contributed by atoms with E-state index in [2.05, 4.69) is 15.6 Å². The third-order valence-electron chi connectivity index (χ3n) is 4.70. The zero-order valence-electron chi connectivity index (χ0n) is 13.6. The Hall–Kier alpha value is -2.02. The summed E-state index contributed by atoms with van der Waals surface area (Å²) in [5.74, 6) is -0.430. The smallest absolute Gasteiger partial charge is 0.255 e. The van der Waals surface area contributed by atoms with E-state index in [0.29, 0.717) is 19.6 Å². The summed E-state index contributed by atoms with van der Waals surface area (Å²) in [4.78, 5) is 30.0. The Kier molecular flexibility index (Phi) is 5.40. The Morgan fingerprint density at radius 1 is 1.33 bits per heavy atom. The largest absolute Gasteiger partial charge is 0.354 e. The minimum absolute atomic E-state index is 0.0466. The van der Waals surface area contributed by atoms with Gasteiger partial charge < -0.3 is 15.5 Å². The van der Waals surface area contributed by atoms with E-state index in [4.69, 9.17) is 0 Å². The van der Waals surface area contributed by atoms with E-state index < -0.39 is 5.82 Å². The highest BCUT2D eigenvalue weighted by Gasteiger charge is 2.27. The minimum atomic E-state index is -0.509. The van der Waals surface area contributed by atoms with Gasteiger partial charge in [0, 0.05) is 25.8 Å². The van der Waals surface area contributed by atoms with Crippen LogP contribution in [0.5, 0.6) is 0 Å². The SMILES string of the molecule is O=C(NCC1CCCN(C(=O)c2cncc(F)c2)C1)C1CCCN1. The Balaban J connectivity index is 1.52. The van der Waals surface area contributed by atoms with E-state index in [9.17, 15) is 14.0 Å². The molecule has 0 bridgehead atoms. The normalized spacial score (nSPS) is 24.0. The van der Waals surface area contributed by atoms with Gasteiger partial charge in [0.2, 0.25) is 5.91 Å². The summed E-state index contributed by atoms with van der Waals surface area (Å²) in [5, 5.41) is 6.17. The van der Waals surface area contributed by atoms with E-state index in [1.54, 1.807) is 4.90 Å². The number of hydrogen-bond donors (Lipinski definition) is 2. The molecule has 2 atom stereocenters. The predicted molar refractivity (Wildman–Crippen MR) is 86.9 cm³/mol. The molecule has 1 aromatic rings. The van der Waals surface area contributed by atoms with Crippen LogP contribution in [0.25, 0.3) is 0 Å². The van der Waals surface area contributed by atoms with Gasteiger partial charge in [-0.05, 0) is 44.2 Å². The number of rotatable bonds is 4. The fraction of sp³-hybridized carbons (Fsp3) is 0.588. The van der Waals surface area contributed by atoms with Crippen molar-refractivity contribution >= 4 is 11.8 Å². The first-order chi connectivity index (χ1) is 11.6. The number of nitrogens with one attached hydrogen (secondary N) is 2. The van der Waals surface area contributed by atoms with E-state index in [1.807, 2.05) is 0 Å². The van der Waals surface area contributed by atoms with Gasteiger partial charge in [-0.25, -0.2) is 4.39 Å². The Bertz CT molecular complexity index is 604. The molecular weight excluding hydrogens is 311 g/mol. The Morgan fingerprint density at radius 2 is 2.21 bits per heavy atom. The monoisotopic (exact) mass is 334 g/mol. The molecule has 0 aliphatic carbocycles.